The second kappa shape index (κ2) is 3.83. The number of carbonyl (C=O) groups is 1. The summed E-state index contributed by atoms with van der Waals surface area (Å²) in [5.74, 6) is 0.307. The summed E-state index contributed by atoms with van der Waals surface area (Å²) in [6.45, 7) is 1.66. The van der Waals surface area contributed by atoms with Crippen LogP contribution in [0.25, 0.3) is 0 Å². The van der Waals surface area contributed by atoms with Gasteiger partial charge in [0.05, 0.1) is 5.69 Å². The van der Waals surface area contributed by atoms with Crippen molar-refractivity contribution < 1.29 is 4.79 Å². The van der Waals surface area contributed by atoms with Crippen LogP contribution in [0.3, 0.4) is 0 Å². The summed E-state index contributed by atoms with van der Waals surface area (Å²) in [5, 5.41) is 0. The lowest BCUT2D eigenvalue weighted by atomic mass is 9.85. The van der Waals surface area contributed by atoms with Gasteiger partial charge in [0, 0.05) is 24.9 Å². The van der Waals surface area contributed by atoms with Crippen LogP contribution < -0.4 is 10.6 Å². The number of nitrogens with zero attached hydrogens (tertiary/aromatic N) is 1. The average molecular weight is 256 g/mol. The van der Waals surface area contributed by atoms with Crippen LogP contribution in [0.4, 0.5) is 5.69 Å². The van der Waals surface area contributed by atoms with Gasteiger partial charge in [-0.1, -0.05) is 12.1 Å². The molecule has 0 radical (unpaired) electrons. The van der Waals surface area contributed by atoms with Gasteiger partial charge in [-0.3, -0.25) is 4.79 Å². The number of anilines is 1. The summed E-state index contributed by atoms with van der Waals surface area (Å²) in [5.41, 5.74) is 11.7. The molecule has 0 saturated heterocycles. The molecule has 1 fully saturated rings. The number of amides is 1. The molecule has 1 aliphatic carbocycles. The fraction of sp³-hybridized carbons (Fsp3) is 0.562. The highest BCUT2D eigenvalue weighted by Gasteiger charge is 2.44. The lowest BCUT2D eigenvalue weighted by Gasteiger charge is -2.36. The third-order valence-corrected chi connectivity index (χ3v) is 5.13. The lowest BCUT2D eigenvalue weighted by molar-refractivity contribution is -0.119. The molecule has 2 aliphatic heterocycles. The minimum Gasteiger partial charge on any atom is -0.330 e. The van der Waals surface area contributed by atoms with Gasteiger partial charge in [0.15, 0.2) is 0 Å². The Morgan fingerprint density at radius 3 is 2.58 bits per heavy atom. The number of nitrogens with two attached hydrogens (primary N) is 1. The quantitative estimate of drug-likeness (QED) is 0.878. The molecule has 100 valence electrons. The molecule has 1 aromatic rings. The van der Waals surface area contributed by atoms with Crippen LogP contribution in [0, 0.1) is 0 Å². The Kier molecular flexibility index (Phi) is 2.31. The highest BCUT2D eigenvalue weighted by molar-refractivity contribution is 5.97. The first kappa shape index (κ1) is 11.5. The van der Waals surface area contributed by atoms with Crippen LogP contribution in [0.1, 0.15) is 42.4 Å². The van der Waals surface area contributed by atoms with E-state index in [1.807, 2.05) is 4.90 Å². The van der Waals surface area contributed by atoms with E-state index in [4.69, 9.17) is 5.73 Å². The summed E-state index contributed by atoms with van der Waals surface area (Å²) >= 11 is 0. The molecule has 1 aromatic carbocycles. The number of aryl methyl sites for hydroxylation is 2. The zero-order valence-corrected chi connectivity index (χ0v) is 11.2. The molecular formula is C16H20N2O. The standard InChI is InChI=1S/C16H20N2O/c17-10-16(5-6-16)13-8-11-2-1-7-18-14(19)4-3-12(9-13)15(11)18/h8-9H,1-7,10,17H2. The molecule has 0 bridgehead atoms. The predicted molar refractivity (Wildman–Crippen MR) is 75.4 cm³/mol. The molecule has 19 heavy (non-hydrogen) atoms. The summed E-state index contributed by atoms with van der Waals surface area (Å²) < 4.78 is 0. The zero-order chi connectivity index (χ0) is 13.0. The van der Waals surface area contributed by atoms with Gasteiger partial charge < -0.3 is 10.6 Å². The monoisotopic (exact) mass is 256 g/mol. The van der Waals surface area contributed by atoms with Gasteiger partial charge in [0.1, 0.15) is 0 Å². The molecule has 3 heteroatoms. The van der Waals surface area contributed by atoms with Crippen LogP contribution in [-0.4, -0.2) is 19.0 Å². The third kappa shape index (κ3) is 1.57. The average Bonchev–Trinajstić information content (AvgIpc) is 3.24. The first-order chi connectivity index (χ1) is 9.23. The molecule has 1 saturated carbocycles. The van der Waals surface area contributed by atoms with E-state index in [0.29, 0.717) is 12.3 Å². The molecule has 4 rings (SSSR count). The Hall–Kier alpha value is -1.35. The van der Waals surface area contributed by atoms with Crippen molar-refractivity contribution in [3.05, 3.63) is 28.8 Å². The molecular weight excluding hydrogens is 236 g/mol. The first-order valence-corrected chi connectivity index (χ1v) is 7.40. The van der Waals surface area contributed by atoms with Gasteiger partial charge in [0.25, 0.3) is 0 Å². The molecule has 0 spiro atoms. The minimum atomic E-state index is 0.259. The van der Waals surface area contributed by atoms with E-state index in [0.717, 1.165) is 32.4 Å². The SMILES string of the molecule is NCC1(c2cc3c4c(c2)CCC(=O)N4CCC3)CC1. The maximum atomic E-state index is 12.0. The smallest absolute Gasteiger partial charge is 0.227 e. The zero-order valence-electron chi connectivity index (χ0n) is 11.2. The van der Waals surface area contributed by atoms with E-state index >= 15 is 0 Å². The normalized spacial score (nSPS) is 23.2. The van der Waals surface area contributed by atoms with Crippen molar-refractivity contribution in [2.24, 2.45) is 5.73 Å². The Bertz CT molecular complexity index is 543. The maximum absolute atomic E-state index is 12.0. The van der Waals surface area contributed by atoms with Gasteiger partial charge in [-0.2, -0.15) is 0 Å². The van der Waals surface area contributed by atoms with Crippen LogP contribution >= 0.6 is 0 Å². The first-order valence-electron chi connectivity index (χ1n) is 7.40. The predicted octanol–water partition coefficient (Wildman–Crippen LogP) is 1.90. The van der Waals surface area contributed by atoms with E-state index < -0.39 is 0 Å². The van der Waals surface area contributed by atoms with Crippen LogP contribution in [0.5, 0.6) is 0 Å². The molecule has 0 atom stereocenters. The second-order valence-electron chi connectivity index (χ2n) is 6.28. The van der Waals surface area contributed by atoms with Gasteiger partial charge in [-0.05, 0) is 48.8 Å². The molecule has 1 amide bonds. The fourth-order valence-electron chi connectivity index (χ4n) is 3.72. The summed E-state index contributed by atoms with van der Waals surface area (Å²) in [4.78, 5) is 14.0. The van der Waals surface area contributed by atoms with E-state index in [2.05, 4.69) is 12.1 Å². The number of carbonyl (C=O) groups excluding carboxylic acids is 1. The molecule has 0 unspecified atom stereocenters. The Morgan fingerprint density at radius 1 is 1.16 bits per heavy atom. The van der Waals surface area contributed by atoms with Crippen molar-refractivity contribution in [2.75, 3.05) is 18.0 Å². The lowest BCUT2D eigenvalue weighted by Crippen LogP contribution is -2.39. The largest absolute Gasteiger partial charge is 0.330 e. The Balaban J connectivity index is 1.86. The summed E-state index contributed by atoms with van der Waals surface area (Å²) in [6.07, 6.45) is 6.24. The van der Waals surface area contributed by atoms with Gasteiger partial charge in [0.2, 0.25) is 5.91 Å². The summed E-state index contributed by atoms with van der Waals surface area (Å²) in [6, 6.07) is 4.67. The molecule has 2 heterocycles. The Morgan fingerprint density at radius 2 is 1.89 bits per heavy atom. The van der Waals surface area contributed by atoms with Gasteiger partial charge in [-0.25, -0.2) is 0 Å². The highest BCUT2D eigenvalue weighted by Crippen LogP contribution is 2.49. The van der Waals surface area contributed by atoms with Gasteiger partial charge >= 0.3 is 0 Å². The van der Waals surface area contributed by atoms with Crippen LogP contribution in [0.2, 0.25) is 0 Å². The van der Waals surface area contributed by atoms with Crippen molar-refractivity contribution in [3.63, 3.8) is 0 Å². The molecule has 3 nitrogen and oxygen atoms in total. The van der Waals surface area contributed by atoms with Gasteiger partial charge in [-0.15, -0.1) is 0 Å². The second-order valence-corrected chi connectivity index (χ2v) is 6.28. The van der Waals surface area contributed by atoms with Crippen LogP contribution in [-0.2, 0) is 23.1 Å². The van der Waals surface area contributed by atoms with E-state index in [1.54, 1.807) is 0 Å². The Labute approximate surface area is 113 Å². The van der Waals surface area contributed by atoms with Crippen molar-refractivity contribution >= 4 is 11.6 Å². The van der Waals surface area contributed by atoms with E-state index in [9.17, 15) is 4.79 Å². The fourth-order valence-corrected chi connectivity index (χ4v) is 3.72. The number of hydrogen-bond donors (Lipinski definition) is 1. The van der Waals surface area contributed by atoms with E-state index in [-0.39, 0.29) is 5.41 Å². The van der Waals surface area contributed by atoms with Crippen molar-refractivity contribution in [1.82, 2.24) is 0 Å². The molecule has 0 aromatic heterocycles. The molecule has 2 N–H and O–H groups in total. The topological polar surface area (TPSA) is 46.3 Å². The van der Waals surface area contributed by atoms with Crippen LogP contribution in [0.15, 0.2) is 12.1 Å². The number of rotatable bonds is 2. The van der Waals surface area contributed by atoms with Crippen molar-refractivity contribution in [3.8, 4) is 0 Å². The number of hydrogen-bond acceptors (Lipinski definition) is 2. The highest BCUT2D eigenvalue weighted by atomic mass is 16.2. The summed E-state index contributed by atoms with van der Waals surface area (Å²) in [7, 11) is 0. The van der Waals surface area contributed by atoms with Crippen molar-refractivity contribution in [1.29, 1.82) is 0 Å². The third-order valence-electron chi connectivity index (χ3n) is 5.13. The maximum Gasteiger partial charge on any atom is 0.227 e. The minimum absolute atomic E-state index is 0.259. The van der Waals surface area contributed by atoms with E-state index in [1.165, 1.54) is 35.2 Å². The number of benzene rings is 1. The molecule has 3 aliphatic rings. The van der Waals surface area contributed by atoms with Crippen molar-refractivity contribution in [2.45, 2.75) is 43.9 Å².